The maximum absolute atomic E-state index is 13.8. The molecule has 3 rings (SSSR count). The summed E-state index contributed by atoms with van der Waals surface area (Å²) in [5.74, 6) is -1.34. The van der Waals surface area contributed by atoms with Gasteiger partial charge in [-0.15, -0.1) is 0 Å². The standard InChI is InChI=1S/C16H20F2N6O/c1-2-24-14(20-11-21-24)10-22-4-3-5-23(7-6-22)16(25)15-13(18)8-12(17)9-19-15/h8-9,11H,2-7,10H2,1H3. The van der Waals surface area contributed by atoms with Crippen molar-refractivity contribution < 1.29 is 13.6 Å². The molecule has 1 aliphatic rings. The van der Waals surface area contributed by atoms with Crippen molar-refractivity contribution in [3.05, 3.63) is 41.7 Å². The Labute approximate surface area is 144 Å². The molecule has 0 aliphatic carbocycles. The van der Waals surface area contributed by atoms with Crippen molar-refractivity contribution in [1.82, 2.24) is 29.5 Å². The highest BCUT2D eigenvalue weighted by molar-refractivity contribution is 5.92. The number of hydrogen-bond donors (Lipinski definition) is 0. The van der Waals surface area contributed by atoms with Crippen LogP contribution in [0.3, 0.4) is 0 Å². The third-order valence-electron chi connectivity index (χ3n) is 4.25. The van der Waals surface area contributed by atoms with Gasteiger partial charge in [0.25, 0.3) is 5.91 Å². The van der Waals surface area contributed by atoms with Crippen molar-refractivity contribution in [3.8, 4) is 0 Å². The molecule has 0 radical (unpaired) electrons. The third-order valence-corrected chi connectivity index (χ3v) is 4.25. The Kier molecular flexibility index (Phi) is 5.32. The summed E-state index contributed by atoms with van der Waals surface area (Å²) < 4.78 is 28.6. The lowest BCUT2D eigenvalue weighted by Crippen LogP contribution is -2.36. The van der Waals surface area contributed by atoms with Gasteiger partial charge in [0.15, 0.2) is 11.5 Å². The van der Waals surface area contributed by atoms with Crippen LogP contribution in [0.2, 0.25) is 0 Å². The monoisotopic (exact) mass is 350 g/mol. The van der Waals surface area contributed by atoms with Gasteiger partial charge in [0.05, 0.1) is 12.7 Å². The maximum Gasteiger partial charge on any atom is 0.275 e. The van der Waals surface area contributed by atoms with Crippen molar-refractivity contribution in [2.75, 3.05) is 26.2 Å². The van der Waals surface area contributed by atoms with E-state index in [9.17, 15) is 13.6 Å². The largest absolute Gasteiger partial charge is 0.336 e. The van der Waals surface area contributed by atoms with Gasteiger partial charge in [-0.1, -0.05) is 0 Å². The summed E-state index contributed by atoms with van der Waals surface area (Å²) >= 11 is 0. The molecule has 0 saturated carbocycles. The number of carbonyl (C=O) groups excluding carboxylic acids is 1. The first-order chi connectivity index (χ1) is 12.1. The van der Waals surface area contributed by atoms with Crippen molar-refractivity contribution >= 4 is 5.91 Å². The van der Waals surface area contributed by atoms with Gasteiger partial charge in [0.1, 0.15) is 18.0 Å². The molecule has 9 heteroatoms. The molecule has 2 aromatic heterocycles. The zero-order valence-corrected chi connectivity index (χ0v) is 14.0. The van der Waals surface area contributed by atoms with Gasteiger partial charge < -0.3 is 4.90 Å². The first-order valence-electron chi connectivity index (χ1n) is 8.28. The second-order valence-corrected chi connectivity index (χ2v) is 5.90. The highest BCUT2D eigenvalue weighted by Gasteiger charge is 2.24. The quantitative estimate of drug-likeness (QED) is 0.832. The fraction of sp³-hybridized carbons (Fsp3) is 0.500. The predicted molar refractivity (Wildman–Crippen MR) is 85.6 cm³/mol. The summed E-state index contributed by atoms with van der Waals surface area (Å²) in [7, 11) is 0. The van der Waals surface area contributed by atoms with Crippen LogP contribution in [0.15, 0.2) is 18.6 Å². The average Bonchev–Trinajstić information content (AvgIpc) is 2.90. The molecule has 7 nitrogen and oxygen atoms in total. The van der Waals surface area contributed by atoms with Gasteiger partial charge >= 0.3 is 0 Å². The van der Waals surface area contributed by atoms with Crippen molar-refractivity contribution in [1.29, 1.82) is 0 Å². The summed E-state index contributed by atoms with van der Waals surface area (Å²) in [6.45, 7) is 5.82. The Bertz CT molecular complexity index is 750. The molecule has 1 saturated heterocycles. The molecule has 134 valence electrons. The molecule has 0 bridgehead atoms. The van der Waals surface area contributed by atoms with Crippen LogP contribution in [0.4, 0.5) is 8.78 Å². The minimum absolute atomic E-state index is 0.333. The Morgan fingerprint density at radius 1 is 1.20 bits per heavy atom. The number of aryl methyl sites for hydroxylation is 1. The molecule has 25 heavy (non-hydrogen) atoms. The van der Waals surface area contributed by atoms with Crippen LogP contribution in [0, 0.1) is 11.6 Å². The van der Waals surface area contributed by atoms with Crippen molar-refractivity contribution in [3.63, 3.8) is 0 Å². The Balaban J connectivity index is 1.64. The van der Waals surface area contributed by atoms with Gasteiger partial charge in [0.2, 0.25) is 0 Å². The Hall–Kier alpha value is -2.42. The van der Waals surface area contributed by atoms with E-state index in [-0.39, 0.29) is 5.69 Å². The van der Waals surface area contributed by atoms with Crippen LogP contribution >= 0.6 is 0 Å². The summed E-state index contributed by atoms with van der Waals surface area (Å²) in [4.78, 5) is 24.1. The second-order valence-electron chi connectivity index (χ2n) is 5.90. The number of rotatable bonds is 4. The molecule has 2 aromatic rings. The maximum atomic E-state index is 13.8. The van der Waals surface area contributed by atoms with E-state index >= 15 is 0 Å². The summed E-state index contributed by atoms with van der Waals surface area (Å²) in [5, 5.41) is 4.16. The lowest BCUT2D eigenvalue weighted by molar-refractivity contribution is 0.0749. The third kappa shape index (κ3) is 3.98. The number of carbonyl (C=O) groups is 1. The molecule has 1 fully saturated rings. The number of nitrogens with zero attached hydrogens (tertiary/aromatic N) is 6. The van der Waals surface area contributed by atoms with E-state index in [1.807, 2.05) is 11.6 Å². The van der Waals surface area contributed by atoms with E-state index in [0.29, 0.717) is 32.2 Å². The molecule has 0 spiro atoms. The van der Waals surface area contributed by atoms with E-state index < -0.39 is 17.5 Å². The van der Waals surface area contributed by atoms with Crippen molar-refractivity contribution in [2.24, 2.45) is 0 Å². The van der Waals surface area contributed by atoms with Gasteiger partial charge in [-0.3, -0.25) is 9.69 Å². The van der Waals surface area contributed by atoms with Crippen molar-refractivity contribution in [2.45, 2.75) is 26.4 Å². The lowest BCUT2D eigenvalue weighted by atomic mass is 10.3. The number of aromatic nitrogens is 4. The Morgan fingerprint density at radius 2 is 2.04 bits per heavy atom. The minimum Gasteiger partial charge on any atom is -0.336 e. The lowest BCUT2D eigenvalue weighted by Gasteiger charge is -2.21. The highest BCUT2D eigenvalue weighted by Crippen LogP contribution is 2.13. The zero-order chi connectivity index (χ0) is 17.8. The van der Waals surface area contributed by atoms with Crippen LogP contribution in [0.5, 0.6) is 0 Å². The van der Waals surface area contributed by atoms with Crippen LogP contribution < -0.4 is 0 Å². The van der Waals surface area contributed by atoms with Gasteiger partial charge in [0, 0.05) is 38.8 Å². The van der Waals surface area contributed by atoms with E-state index in [0.717, 1.165) is 31.5 Å². The predicted octanol–water partition coefficient (Wildman–Crippen LogP) is 1.32. The van der Waals surface area contributed by atoms with Crippen LogP contribution in [-0.4, -0.2) is 61.6 Å². The molecule has 0 atom stereocenters. The normalized spacial score (nSPS) is 16.0. The van der Waals surface area contributed by atoms with Gasteiger partial charge in [-0.05, 0) is 13.3 Å². The van der Waals surface area contributed by atoms with Crippen LogP contribution in [-0.2, 0) is 13.1 Å². The number of pyridine rings is 1. The first kappa shape index (κ1) is 17.4. The highest BCUT2D eigenvalue weighted by atomic mass is 19.1. The fourth-order valence-electron chi connectivity index (χ4n) is 2.93. The summed E-state index contributed by atoms with van der Waals surface area (Å²) in [6, 6.07) is 0.682. The average molecular weight is 350 g/mol. The molecule has 0 aromatic carbocycles. The van der Waals surface area contributed by atoms with Gasteiger partial charge in [-0.25, -0.2) is 23.4 Å². The zero-order valence-electron chi connectivity index (χ0n) is 14.0. The summed E-state index contributed by atoms with van der Waals surface area (Å²) in [6.07, 6.45) is 3.16. The smallest absolute Gasteiger partial charge is 0.275 e. The first-order valence-corrected chi connectivity index (χ1v) is 8.28. The Morgan fingerprint density at radius 3 is 2.80 bits per heavy atom. The molecule has 3 heterocycles. The number of hydrogen-bond acceptors (Lipinski definition) is 5. The second kappa shape index (κ2) is 7.64. The van der Waals surface area contributed by atoms with Crippen LogP contribution in [0.1, 0.15) is 29.7 Å². The van der Waals surface area contributed by atoms with E-state index in [1.165, 1.54) is 6.33 Å². The fourth-order valence-corrected chi connectivity index (χ4v) is 2.93. The molecular weight excluding hydrogens is 330 g/mol. The number of halogens is 2. The summed E-state index contributed by atoms with van der Waals surface area (Å²) in [5.41, 5.74) is -0.333. The topological polar surface area (TPSA) is 67.2 Å². The van der Waals surface area contributed by atoms with E-state index in [2.05, 4.69) is 20.0 Å². The molecule has 0 unspecified atom stereocenters. The van der Waals surface area contributed by atoms with Crippen LogP contribution in [0.25, 0.3) is 0 Å². The molecule has 0 N–H and O–H groups in total. The van der Waals surface area contributed by atoms with E-state index in [1.54, 1.807) is 4.90 Å². The SMILES string of the molecule is CCn1ncnc1CN1CCCN(C(=O)c2ncc(F)cc2F)CC1. The molecule has 1 amide bonds. The van der Waals surface area contributed by atoms with Gasteiger partial charge in [-0.2, -0.15) is 5.10 Å². The molecule has 1 aliphatic heterocycles. The van der Waals surface area contributed by atoms with E-state index in [4.69, 9.17) is 0 Å². The number of amides is 1. The minimum atomic E-state index is -0.929. The molecular formula is C16H20F2N6O.